The molecule has 9 heteroatoms. The minimum absolute atomic E-state index is 0.0508. The van der Waals surface area contributed by atoms with Gasteiger partial charge in [-0.3, -0.25) is 10.2 Å². The summed E-state index contributed by atoms with van der Waals surface area (Å²) in [5.74, 6) is 0.626. The first-order valence-electron chi connectivity index (χ1n) is 11.5. The highest BCUT2D eigenvalue weighted by molar-refractivity contribution is 5.91. The number of anilines is 3. The van der Waals surface area contributed by atoms with Gasteiger partial charge in [-0.05, 0) is 67.2 Å². The highest BCUT2D eigenvalue weighted by Gasteiger charge is 2.33. The molecule has 32 heavy (non-hydrogen) atoms. The average Bonchev–Trinajstić information content (AvgIpc) is 2.64. The maximum atomic E-state index is 12.8. The van der Waals surface area contributed by atoms with Crippen molar-refractivity contribution in [1.82, 2.24) is 10.3 Å². The van der Waals surface area contributed by atoms with Crippen LogP contribution in [0.25, 0.3) is 0 Å². The van der Waals surface area contributed by atoms with Gasteiger partial charge in [-0.15, -0.1) is 0 Å². The number of amides is 1. The fourth-order valence-corrected chi connectivity index (χ4v) is 4.29. The molecule has 0 radical (unpaired) electrons. The number of carbonyl (C=O) groups excluding carboxylic acids is 1. The molecule has 0 saturated carbocycles. The predicted octanol–water partition coefficient (Wildman–Crippen LogP) is 3.00. The Kier molecular flexibility index (Phi) is 7.21. The molecule has 4 N–H and O–H groups in total. The summed E-state index contributed by atoms with van der Waals surface area (Å²) in [4.78, 5) is 21.2. The quantitative estimate of drug-likeness (QED) is 0.601. The first-order valence-corrected chi connectivity index (χ1v) is 11.5. The number of aliphatic hydroxyl groups excluding tert-OH is 1. The van der Waals surface area contributed by atoms with Crippen LogP contribution < -0.4 is 20.9 Å². The van der Waals surface area contributed by atoms with Crippen LogP contribution >= 0.6 is 0 Å². The Morgan fingerprint density at radius 3 is 2.59 bits per heavy atom. The van der Waals surface area contributed by atoms with Crippen molar-refractivity contribution in [3.8, 4) is 0 Å². The number of hydrogen-bond donors (Lipinski definition) is 3. The molecule has 0 aliphatic carbocycles. The summed E-state index contributed by atoms with van der Waals surface area (Å²) in [6.45, 7) is 13.4. The molecule has 0 aromatic carbocycles. The van der Waals surface area contributed by atoms with Crippen LogP contribution in [0.15, 0.2) is 6.20 Å². The number of fused-ring (bicyclic) bond motifs is 1. The average molecular weight is 450 g/mol. The minimum Gasteiger partial charge on any atom is -0.443 e. The second kappa shape index (κ2) is 9.41. The van der Waals surface area contributed by atoms with E-state index in [2.05, 4.69) is 15.2 Å². The minimum atomic E-state index is -1.04. The number of aromatic nitrogens is 1. The van der Waals surface area contributed by atoms with Crippen molar-refractivity contribution in [2.45, 2.75) is 90.9 Å². The van der Waals surface area contributed by atoms with Crippen molar-refractivity contribution < 1.29 is 19.4 Å². The summed E-state index contributed by atoms with van der Waals surface area (Å²) in [5.41, 5.74) is 7.89. The number of nitrogens with two attached hydrogens (primary N) is 1. The van der Waals surface area contributed by atoms with Crippen LogP contribution in [0.2, 0.25) is 0 Å². The number of nitrogen functional groups attached to an aromatic ring is 1. The van der Waals surface area contributed by atoms with Crippen molar-refractivity contribution in [3.05, 3.63) is 11.8 Å². The van der Waals surface area contributed by atoms with E-state index in [4.69, 9.17) is 15.2 Å². The molecule has 1 aromatic heterocycles. The maximum Gasteiger partial charge on any atom is 0.416 e. The molecule has 0 spiro atoms. The zero-order valence-corrected chi connectivity index (χ0v) is 20.3. The van der Waals surface area contributed by atoms with Gasteiger partial charge >= 0.3 is 6.09 Å². The standard InChI is InChI=1S/C23H39N5O4/c1-22(2,3)31-20(29)26-15-9-7-11-27(14-15)18-16-10-8-12-28(19(16)25-13-17(18)24)21(30)32-23(4,5)6/h13,15,20,26,29H,7-12,14,24H2,1-6H3/t15-,20?/m0/s1. The van der Waals surface area contributed by atoms with Crippen molar-refractivity contribution in [1.29, 1.82) is 0 Å². The topological polar surface area (TPSA) is 113 Å². The number of ether oxygens (including phenoxy) is 2. The summed E-state index contributed by atoms with van der Waals surface area (Å²) in [6, 6.07) is 0.0508. The third-order valence-electron chi connectivity index (χ3n) is 5.41. The monoisotopic (exact) mass is 449 g/mol. The van der Waals surface area contributed by atoms with E-state index in [0.717, 1.165) is 43.5 Å². The molecule has 1 fully saturated rings. The van der Waals surface area contributed by atoms with Gasteiger partial charge in [0.25, 0.3) is 0 Å². The normalized spacial score (nSPS) is 20.7. The summed E-state index contributed by atoms with van der Waals surface area (Å²) in [7, 11) is 0. The molecule has 2 aliphatic heterocycles. The lowest BCUT2D eigenvalue weighted by atomic mass is 9.99. The van der Waals surface area contributed by atoms with Crippen LogP contribution in [0.5, 0.6) is 0 Å². The Morgan fingerprint density at radius 1 is 1.22 bits per heavy atom. The SMILES string of the molecule is CC(C)(C)OC(=O)N1CCCc2c1ncc(N)c2N1CCC[C@H](NC(O)OC(C)(C)C)C1. The molecular formula is C23H39N5O4. The Labute approximate surface area is 191 Å². The van der Waals surface area contributed by atoms with Crippen LogP contribution in [-0.4, -0.2) is 59.5 Å². The highest BCUT2D eigenvalue weighted by atomic mass is 16.6. The molecule has 9 nitrogen and oxygen atoms in total. The second-order valence-electron chi connectivity index (χ2n) is 10.6. The fraction of sp³-hybridized carbons (Fsp3) is 0.739. The molecule has 180 valence electrons. The molecule has 2 atom stereocenters. The van der Waals surface area contributed by atoms with Crippen LogP contribution in [-0.2, 0) is 15.9 Å². The van der Waals surface area contributed by atoms with Gasteiger partial charge in [-0.1, -0.05) is 0 Å². The van der Waals surface area contributed by atoms with Gasteiger partial charge in [0.2, 0.25) is 6.41 Å². The van der Waals surface area contributed by atoms with E-state index in [1.807, 2.05) is 41.5 Å². The van der Waals surface area contributed by atoms with Gasteiger partial charge in [-0.25, -0.2) is 9.78 Å². The molecule has 1 aromatic rings. The number of pyridine rings is 1. The van der Waals surface area contributed by atoms with Crippen molar-refractivity contribution in [2.75, 3.05) is 35.2 Å². The lowest BCUT2D eigenvalue weighted by molar-refractivity contribution is -0.185. The number of rotatable bonds is 4. The molecule has 1 unspecified atom stereocenters. The van der Waals surface area contributed by atoms with E-state index >= 15 is 0 Å². The molecule has 1 amide bonds. The number of nitrogens with one attached hydrogen (secondary N) is 1. The number of piperidine rings is 1. The van der Waals surface area contributed by atoms with E-state index in [1.165, 1.54) is 0 Å². The van der Waals surface area contributed by atoms with E-state index in [-0.39, 0.29) is 12.1 Å². The number of nitrogens with zero attached hydrogens (tertiary/aromatic N) is 3. The maximum absolute atomic E-state index is 12.8. The van der Waals surface area contributed by atoms with Gasteiger partial charge in [-0.2, -0.15) is 0 Å². The van der Waals surface area contributed by atoms with Crippen molar-refractivity contribution in [2.24, 2.45) is 0 Å². The number of aliphatic hydroxyl groups is 1. The highest BCUT2D eigenvalue weighted by Crippen LogP contribution is 2.38. The summed E-state index contributed by atoms with van der Waals surface area (Å²) >= 11 is 0. The summed E-state index contributed by atoms with van der Waals surface area (Å²) in [6.07, 6.45) is 3.70. The zero-order valence-electron chi connectivity index (χ0n) is 20.3. The molecule has 0 bridgehead atoms. The molecule has 1 saturated heterocycles. The molecule has 3 rings (SSSR count). The Balaban J connectivity index is 1.81. The van der Waals surface area contributed by atoms with Crippen molar-refractivity contribution in [3.63, 3.8) is 0 Å². The third-order valence-corrected chi connectivity index (χ3v) is 5.41. The lowest BCUT2D eigenvalue weighted by Crippen LogP contribution is -2.51. The lowest BCUT2D eigenvalue weighted by Gasteiger charge is -2.39. The summed E-state index contributed by atoms with van der Waals surface area (Å²) < 4.78 is 11.2. The van der Waals surface area contributed by atoms with Gasteiger partial charge in [0, 0.05) is 31.2 Å². The van der Waals surface area contributed by atoms with Gasteiger partial charge in [0.15, 0.2) is 0 Å². The third kappa shape index (κ3) is 6.24. The van der Waals surface area contributed by atoms with E-state index in [9.17, 15) is 9.90 Å². The van der Waals surface area contributed by atoms with Gasteiger partial charge in [0.1, 0.15) is 11.4 Å². The van der Waals surface area contributed by atoms with Crippen LogP contribution in [0.1, 0.15) is 66.4 Å². The second-order valence-corrected chi connectivity index (χ2v) is 10.6. The van der Waals surface area contributed by atoms with Crippen LogP contribution in [0.4, 0.5) is 22.0 Å². The van der Waals surface area contributed by atoms with E-state index in [0.29, 0.717) is 24.6 Å². The van der Waals surface area contributed by atoms with E-state index in [1.54, 1.807) is 11.1 Å². The summed E-state index contributed by atoms with van der Waals surface area (Å²) in [5, 5.41) is 13.5. The van der Waals surface area contributed by atoms with Crippen LogP contribution in [0.3, 0.4) is 0 Å². The fourth-order valence-electron chi connectivity index (χ4n) is 4.29. The Hall–Kier alpha value is -2.10. The Bertz CT molecular complexity index is 818. The molecule has 3 heterocycles. The van der Waals surface area contributed by atoms with Gasteiger partial charge in [0.05, 0.1) is 23.2 Å². The van der Waals surface area contributed by atoms with Gasteiger partial charge < -0.3 is 25.2 Å². The number of hydrogen-bond acceptors (Lipinski definition) is 8. The first-order chi connectivity index (χ1) is 14.8. The largest absolute Gasteiger partial charge is 0.443 e. The molecule has 2 aliphatic rings. The predicted molar refractivity (Wildman–Crippen MR) is 126 cm³/mol. The Morgan fingerprint density at radius 2 is 1.94 bits per heavy atom. The number of carbonyl (C=O) groups is 1. The molecular weight excluding hydrogens is 410 g/mol. The van der Waals surface area contributed by atoms with Crippen molar-refractivity contribution >= 4 is 23.3 Å². The zero-order chi connectivity index (χ0) is 23.7. The first kappa shape index (κ1) is 24.5. The van der Waals surface area contributed by atoms with Crippen LogP contribution in [0, 0.1) is 0 Å². The van der Waals surface area contributed by atoms with E-state index < -0.39 is 17.6 Å². The smallest absolute Gasteiger partial charge is 0.416 e.